The highest BCUT2D eigenvalue weighted by Gasteiger charge is 2.05. The molecule has 0 radical (unpaired) electrons. The van der Waals surface area contributed by atoms with Crippen LogP contribution in [0.5, 0.6) is 0 Å². The molecule has 1 amide bonds. The lowest BCUT2D eigenvalue weighted by Crippen LogP contribution is -2.11. The number of hydrogen-bond acceptors (Lipinski definition) is 2. The number of hydrogen-bond donors (Lipinski definition) is 2. The van der Waals surface area contributed by atoms with Crippen molar-refractivity contribution in [1.29, 1.82) is 0 Å². The van der Waals surface area contributed by atoms with Crippen molar-refractivity contribution in [3.8, 4) is 0 Å². The summed E-state index contributed by atoms with van der Waals surface area (Å²) in [6, 6.07) is 11.5. The SMILES string of the molecule is CCCC(=O)Nc1ccc(CNc2ccc(Cl)c(Cl)c2)cc1C. The van der Waals surface area contributed by atoms with Crippen LogP contribution in [0.3, 0.4) is 0 Å². The maximum absolute atomic E-state index is 11.7. The van der Waals surface area contributed by atoms with E-state index in [1.54, 1.807) is 12.1 Å². The number of rotatable bonds is 6. The Morgan fingerprint density at radius 3 is 2.52 bits per heavy atom. The fraction of sp³-hybridized carbons (Fsp3) is 0.278. The number of amides is 1. The molecule has 122 valence electrons. The van der Waals surface area contributed by atoms with E-state index < -0.39 is 0 Å². The molecule has 0 aliphatic heterocycles. The molecule has 2 N–H and O–H groups in total. The predicted molar refractivity (Wildman–Crippen MR) is 98.5 cm³/mol. The molecule has 0 spiro atoms. The van der Waals surface area contributed by atoms with E-state index in [-0.39, 0.29) is 5.91 Å². The Labute approximate surface area is 147 Å². The zero-order valence-corrected chi connectivity index (χ0v) is 14.8. The normalized spacial score (nSPS) is 10.4. The lowest BCUT2D eigenvalue weighted by molar-refractivity contribution is -0.116. The van der Waals surface area contributed by atoms with Crippen molar-refractivity contribution in [3.05, 3.63) is 57.6 Å². The van der Waals surface area contributed by atoms with E-state index in [4.69, 9.17) is 23.2 Å². The van der Waals surface area contributed by atoms with Gasteiger partial charge >= 0.3 is 0 Å². The minimum absolute atomic E-state index is 0.0530. The van der Waals surface area contributed by atoms with Crippen molar-refractivity contribution in [1.82, 2.24) is 0 Å². The molecule has 0 aromatic heterocycles. The molecule has 0 bridgehead atoms. The molecule has 0 aliphatic rings. The molecule has 5 heteroatoms. The maximum Gasteiger partial charge on any atom is 0.224 e. The fourth-order valence-electron chi connectivity index (χ4n) is 2.23. The molecule has 2 aromatic rings. The summed E-state index contributed by atoms with van der Waals surface area (Å²) in [6.07, 6.45) is 1.39. The van der Waals surface area contributed by atoms with Crippen molar-refractivity contribution in [2.24, 2.45) is 0 Å². The van der Waals surface area contributed by atoms with E-state index in [9.17, 15) is 4.79 Å². The summed E-state index contributed by atoms with van der Waals surface area (Å²) in [7, 11) is 0. The van der Waals surface area contributed by atoms with E-state index in [0.29, 0.717) is 23.0 Å². The summed E-state index contributed by atoms with van der Waals surface area (Å²) < 4.78 is 0. The monoisotopic (exact) mass is 350 g/mol. The molecule has 0 saturated heterocycles. The Morgan fingerprint density at radius 1 is 1.09 bits per heavy atom. The highest BCUT2D eigenvalue weighted by atomic mass is 35.5. The summed E-state index contributed by atoms with van der Waals surface area (Å²) in [5, 5.41) is 7.31. The number of halogens is 2. The van der Waals surface area contributed by atoms with E-state index in [2.05, 4.69) is 16.7 Å². The van der Waals surface area contributed by atoms with Crippen LogP contribution in [0.4, 0.5) is 11.4 Å². The molecule has 0 saturated carbocycles. The van der Waals surface area contributed by atoms with Gasteiger partial charge in [0, 0.05) is 24.3 Å². The first-order valence-corrected chi connectivity index (χ1v) is 8.33. The molecule has 0 fully saturated rings. The number of carbonyl (C=O) groups is 1. The topological polar surface area (TPSA) is 41.1 Å². The lowest BCUT2D eigenvalue weighted by Gasteiger charge is -2.12. The van der Waals surface area contributed by atoms with Gasteiger partial charge in [-0.25, -0.2) is 0 Å². The lowest BCUT2D eigenvalue weighted by atomic mass is 10.1. The minimum atomic E-state index is 0.0530. The van der Waals surface area contributed by atoms with Crippen LogP contribution in [0.1, 0.15) is 30.9 Å². The third-order valence-electron chi connectivity index (χ3n) is 3.46. The molecular formula is C18H20Cl2N2O. The van der Waals surface area contributed by atoms with Crippen LogP contribution < -0.4 is 10.6 Å². The van der Waals surface area contributed by atoms with Crippen molar-refractivity contribution in [2.45, 2.75) is 33.2 Å². The molecule has 23 heavy (non-hydrogen) atoms. The third kappa shape index (κ3) is 5.15. The van der Waals surface area contributed by atoms with Crippen LogP contribution in [-0.2, 0) is 11.3 Å². The average molecular weight is 351 g/mol. The van der Waals surface area contributed by atoms with E-state index >= 15 is 0 Å². The summed E-state index contributed by atoms with van der Waals surface area (Å²) in [5.41, 5.74) is 3.95. The molecule has 2 aromatic carbocycles. The Kier molecular flexibility index (Phi) is 6.31. The third-order valence-corrected chi connectivity index (χ3v) is 4.20. The molecule has 0 aliphatic carbocycles. The molecule has 0 atom stereocenters. The summed E-state index contributed by atoms with van der Waals surface area (Å²) in [5.74, 6) is 0.0530. The van der Waals surface area contributed by atoms with Gasteiger partial charge in [-0.05, 0) is 48.7 Å². The second-order valence-corrected chi connectivity index (χ2v) is 6.24. The zero-order chi connectivity index (χ0) is 16.8. The zero-order valence-electron chi connectivity index (χ0n) is 13.2. The van der Waals surface area contributed by atoms with Crippen LogP contribution >= 0.6 is 23.2 Å². The van der Waals surface area contributed by atoms with Crippen LogP contribution in [0, 0.1) is 6.92 Å². The van der Waals surface area contributed by atoms with Gasteiger partial charge in [0.15, 0.2) is 0 Å². The Balaban J connectivity index is 1.99. The van der Waals surface area contributed by atoms with Gasteiger partial charge in [0.25, 0.3) is 0 Å². The number of benzene rings is 2. The Bertz CT molecular complexity index is 701. The quantitative estimate of drug-likeness (QED) is 0.706. The highest BCUT2D eigenvalue weighted by molar-refractivity contribution is 6.42. The summed E-state index contributed by atoms with van der Waals surface area (Å²) in [4.78, 5) is 11.7. The summed E-state index contributed by atoms with van der Waals surface area (Å²) in [6.45, 7) is 4.65. The van der Waals surface area contributed by atoms with E-state index in [1.807, 2.05) is 32.0 Å². The Morgan fingerprint density at radius 2 is 1.87 bits per heavy atom. The number of anilines is 2. The highest BCUT2D eigenvalue weighted by Crippen LogP contribution is 2.25. The minimum Gasteiger partial charge on any atom is -0.381 e. The van der Waals surface area contributed by atoms with Crippen LogP contribution in [0.2, 0.25) is 10.0 Å². The standard InChI is InChI=1S/C18H20Cl2N2O/c1-3-4-18(23)22-17-8-5-13(9-12(17)2)11-21-14-6-7-15(19)16(20)10-14/h5-10,21H,3-4,11H2,1-2H3,(H,22,23). The van der Waals surface area contributed by atoms with Gasteiger partial charge in [0.1, 0.15) is 0 Å². The van der Waals surface area contributed by atoms with Crippen LogP contribution in [0.25, 0.3) is 0 Å². The average Bonchev–Trinajstić information content (AvgIpc) is 2.51. The van der Waals surface area contributed by atoms with Crippen molar-refractivity contribution < 1.29 is 4.79 Å². The van der Waals surface area contributed by atoms with Gasteiger partial charge in [-0.3, -0.25) is 4.79 Å². The van der Waals surface area contributed by atoms with Gasteiger partial charge in [-0.2, -0.15) is 0 Å². The van der Waals surface area contributed by atoms with E-state index in [0.717, 1.165) is 28.9 Å². The van der Waals surface area contributed by atoms with Gasteiger partial charge in [0.2, 0.25) is 5.91 Å². The maximum atomic E-state index is 11.7. The van der Waals surface area contributed by atoms with Gasteiger partial charge in [0.05, 0.1) is 10.0 Å². The molecule has 0 heterocycles. The van der Waals surface area contributed by atoms with Crippen molar-refractivity contribution in [3.63, 3.8) is 0 Å². The van der Waals surface area contributed by atoms with Gasteiger partial charge in [-0.15, -0.1) is 0 Å². The second kappa shape index (κ2) is 8.23. The van der Waals surface area contributed by atoms with Gasteiger partial charge < -0.3 is 10.6 Å². The smallest absolute Gasteiger partial charge is 0.224 e. The largest absolute Gasteiger partial charge is 0.381 e. The first-order chi connectivity index (χ1) is 11.0. The van der Waals surface area contributed by atoms with Crippen LogP contribution in [0.15, 0.2) is 36.4 Å². The Hall–Kier alpha value is -1.71. The van der Waals surface area contributed by atoms with Crippen LogP contribution in [-0.4, -0.2) is 5.91 Å². The van der Waals surface area contributed by atoms with E-state index in [1.165, 1.54) is 0 Å². The van der Waals surface area contributed by atoms with Crippen molar-refractivity contribution >= 4 is 40.5 Å². The molecule has 3 nitrogen and oxygen atoms in total. The number of carbonyl (C=O) groups excluding carboxylic acids is 1. The first kappa shape index (κ1) is 17.6. The fourth-order valence-corrected chi connectivity index (χ4v) is 2.52. The molecule has 2 rings (SSSR count). The molecule has 0 unspecified atom stereocenters. The summed E-state index contributed by atoms with van der Waals surface area (Å²) >= 11 is 11.9. The number of nitrogens with one attached hydrogen (secondary N) is 2. The second-order valence-electron chi connectivity index (χ2n) is 5.43. The molecular weight excluding hydrogens is 331 g/mol. The number of aryl methyl sites for hydroxylation is 1. The van der Waals surface area contributed by atoms with Gasteiger partial charge in [-0.1, -0.05) is 42.3 Å². The van der Waals surface area contributed by atoms with Crippen molar-refractivity contribution in [2.75, 3.05) is 10.6 Å². The predicted octanol–water partition coefficient (Wildman–Crippen LogP) is 5.65. The first-order valence-electron chi connectivity index (χ1n) is 7.58.